The van der Waals surface area contributed by atoms with Gasteiger partial charge in [-0.15, -0.1) is 11.6 Å². The summed E-state index contributed by atoms with van der Waals surface area (Å²) < 4.78 is 11.9. The zero-order chi connectivity index (χ0) is 18.8. The maximum atomic E-state index is 11.7. The third kappa shape index (κ3) is 8.37. The quantitative estimate of drug-likeness (QED) is 0.145. The summed E-state index contributed by atoms with van der Waals surface area (Å²) in [7, 11) is -2.03. The number of alkyl halides is 1. The summed E-state index contributed by atoms with van der Waals surface area (Å²) in [5, 5.41) is 0.0590. The molecule has 0 bridgehead atoms. The van der Waals surface area contributed by atoms with Crippen molar-refractivity contribution in [3.05, 3.63) is 12.2 Å². The highest BCUT2D eigenvalue weighted by atomic mass is 35.5. The smallest absolute Gasteiger partial charge is 0.322 e. The fourth-order valence-electron chi connectivity index (χ4n) is 1.70. The van der Waals surface area contributed by atoms with Crippen molar-refractivity contribution in [1.29, 1.82) is 0 Å². The lowest BCUT2D eigenvalue weighted by molar-refractivity contribution is -0.146. The van der Waals surface area contributed by atoms with E-state index in [0.717, 1.165) is 19.3 Å². The van der Waals surface area contributed by atoms with Crippen LogP contribution in [0.3, 0.4) is 0 Å². The van der Waals surface area contributed by atoms with Gasteiger partial charge in [-0.05, 0) is 31.5 Å². The molecule has 5 heteroatoms. The van der Waals surface area contributed by atoms with E-state index in [2.05, 4.69) is 52.6 Å². The minimum Gasteiger partial charge on any atom is -0.445 e. The Hall–Kier alpha value is -0.763. The molecule has 0 unspecified atom stereocenters. The zero-order valence-corrected chi connectivity index (χ0v) is 18.0. The molecule has 0 aliphatic heterocycles. The van der Waals surface area contributed by atoms with E-state index < -0.39 is 20.4 Å². The van der Waals surface area contributed by atoms with Crippen molar-refractivity contribution in [3.8, 4) is 11.8 Å². The summed E-state index contributed by atoms with van der Waals surface area (Å²) in [5.41, 5.74) is 0. The molecule has 0 saturated heterocycles. The van der Waals surface area contributed by atoms with Crippen LogP contribution in [0, 0.1) is 11.8 Å². The first kappa shape index (κ1) is 23.2. The van der Waals surface area contributed by atoms with E-state index in [1.54, 1.807) is 0 Å². The molecule has 0 fully saturated rings. The molecule has 0 saturated carbocycles. The van der Waals surface area contributed by atoms with Crippen LogP contribution in [0.25, 0.3) is 0 Å². The van der Waals surface area contributed by atoms with Crippen molar-refractivity contribution in [2.45, 2.75) is 84.2 Å². The molecule has 0 amide bonds. The maximum Gasteiger partial charge on any atom is 0.322 e. The minimum atomic E-state index is -2.03. The Bertz CT molecular complexity index is 469. The summed E-state index contributed by atoms with van der Waals surface area (Å²) in [6.07, 6.45) is 5.72. The standard InChI is InChI=1S/C19H33ClO3Si/c1-8-10-11-12-14-16(22-18(21)15-20)17(13-9-2)23-24(6,7)19(3,4)5/h9,13,16-17H,8,10-11,15H2,1-7H3/b13-9+/t16-,17+/m1/s1. The number of allylic oxidation sites excluding steroid dienone is 1. The maximum absolute atomic E-state index is 11.7. The summed E-state index contributed by atoms with van der Waals surface area (Å²) in [5.74, 6) is 5.53. The van der Waals surface area contributed by atoms with Crippen LogP contribution >= 0.6 is 11.6 Å². The number of hydrogen-bond acceptors (Lipinski definition) is 3. The van der Waals surface area contributed by atoms with Crippen molar-refractivity contribution in [3.63, 3.8) is 0 Å². The van der Waals surface area contributed by atoms with Crippen LogP contribution in [-0.4, -0.2) is 32.4 Å². The second kappa shape index (κ2) is 11.0. The van der Waals surface area contributed by atoms with Crippen LogP contribution < -0.4 is 0 Å². The predicted molar refractivity (Wildman–Crippen MR) is 105 cm³/mol. The molecule has 0 spiro atoms. The van der Waals surface area contributed by atoms with Gasteiger partial charge in [-0.25, -0.2) is 0 Å². The minimum absolute atomic E-state index is 0.0590. The molecule has 0 heterocycles. The SMILES string of the molecule is C/C=C/[C@H](O[Si](C)(C)C(C)(C)C)[C@@H](C#CCCCC)OC(=O)CCl. The van der Waals surface area contributed by atoms with Gasteiger partial charge in [0.25, 0.3) is 0 Å². The molecule has 0 aromatic carbocycles. The van der Waals surface area contributed by atoms with Gasteiger partial charge in [0, 0.05) is 6.42 Å². The fraction of sp³-hybridized carbons (Fsp3) is 0.737. The molecule has 0 aromatic rings. The third-order valence-corrected chi connectivity index (χ3v) is 8.88. The first-order valence-corrected chi connectivity index (χ1v) is 12.1. The lowest BCUT2D eigenvalue weighted by Crippen LogP contribution is -2.47. The van der Waals surface area contributed by atoms with Crippen molar-refractivity contribution in [1.82, 2.24) is 0 Å². The molecular weight excluding hydrogens is 340 g/mol. The van der Waals surface area contributed by atoms with E-state index in [1.807, 2.05) is 19.1 Å². The lowest BCUT2D eigenvalue weighted by Gasteiger charge is -2.39. The van der Waals surface area contributed by atoms with Crippen LogP contribution in [0.2, 0.25) is 18.1 Å². The largest absolute Gasteiger partial charge is 0.445 e. The summed E-state index contributed by atoms with van der Waals surface area (Å²) in [6.45, 7) is 14.9. The number of carbonyl (C=O) groups excluding carboxylic acids is 1. The Morgan fingerprint density at radius 3 is 2.42 bits per heavy atom. The van der Waals surface area contributed by atoms with Crippen molar-refractivity contribution < 1.29 is 14.0 Å². The van der Waals surface area contributed by atoms with Crippen LogP contribution in [0.15, 0.2) is 12.2 Å². The molecule has 3 nitrogen and oxygen atoms in total. The molecule has 0 N–H and O–H groups in total. The highest BCUT2D eigenvalue weighted by molar-refractivity contribution is 6.74. The molecule has 24 heavy (non-hydrogen) atoms. The molecular formula is C19H33ClO3Si. The molecule has 0 aliphatic rings. The zero-order valence-electron chi connectivity index (χ0n) is 16.2. The second-order valence-electron chi connectivity index (χ2n) is 7.34. The summed E-state index contributed by atoms with van der Waals surface area (Å²) in [6, 6.07) is 0. The number of hydrogen-bond donors (Lipinski definition) is 0. The summed E-state index contributed by atoms with van der Waals surface area (Å²) in [4.78, 5) is 11.7. The van der Waals surface area contributed by atoms with Crippen LogP contribution in [-0.2, 0) is 14.0 Å². The first-order valence-electron chi connectivity index (χ1n) is 8.63. The average Bonchev–Trinajstić information content (AvgIpc) is 2.48. The van der Waals surface area contributed by atoms with E-state index in [0.29, 0.717) is 0 Å². The Morgan fingerprint density at radius 2 is 1.96 bits per heavy atom. The van der Waals surface area contributed by atoms with Gasteiger partial charge in [0.05, 0.1) is 0 Å². The van der Waals surface area contributed by atoms with Crippen molar-refractivity contribution in [2.24, 2.45) is 0 Å². The van der Waals surface area contributed by atoms with Crippen molar-refractivity contribution >= 4 is 25.9 Å². The molecule has 0 aromatic heterocycles. The molecule has 138 valence electrons. The number of carbonyl (C=O) groups is 1. The number of rotatable bonds is 8. The van der Waals surface area contributed by atoms with Gasteiger partial charge < -0.3 is 9.16 Å². The number of unbranched alkanes of at least 4 members (excludes halogenated alkanes) is 2. The average molecular weight is 373 g/mol. The Kier molecular flexibility index (Phi) is 10.6. The molecule has 0 radical (unpaired) electrons. The topological polar surface area (TPSA) is 35.5 Å². The highest BCUT2D eigenvalue weighted by Crippen LogP contribution is 2.38. The monoisotopic (exact) mass is 372 g/mol. The number of esters is 1. The van der Waals surface area contributed by atoms with Gasteiger partial charge in [0.2, 0.25) is 0 Å². The molecule has 0 aliphatic carbocycles. The molecule has 0 rings (SSSR count). The van der Waals surface area contributed by atoms with Gasteiger partial charge in [-0.1, -0.05) is 58.1 Å². The molecule has 2 atom stereocenters. The highest BCUT2D eigenvalue weighted by Gasteiger charge is 2.40. The van der Waals surface area contributed by atoms with Gasteiger partial charge in [0.1, 0.15) is 12.0 Å². The van der Waals surface area contributed by atoms with Gasteiger partial charge in [-0.2, -0.15) is 0 Å². The Labute approximate surface area is 154 Å². The van der Waals surface area contributed by atoms with E-state index in [1.165, 1.54) is 0 Å². The van der Waals surface area contributed by atoms with Crippen molar-refractivity contribution in [2.75, 3.05) is 5.88 Å². The lowest BCUT2D eigenvalue weighted by atomic mass is 10.1. The van der Waals surface area contributed by atoms with Crippen LogP contribution in [0.4, 0.5) is 0 Å². The normalized spacial score (nSPS) is 14.8. The van der Waals surface area contributed by atoms with E-state index in [-0.39, 0.29) is 17.0 Å². The first-order chi connectivity index (χ1) is 11.1. The van der Waals surface area contributed by atoms with Gasteiger partial charge >= 0.3 is 5.97 Å². The third-order valence-electron chi connectivity index (χ3n) is 4.18. The van der Waals surface area contributed by atoms with E-state index >= 15 is 0 Å². The second-order valence-corrected chi connectivity index (χ2v) is 12.4. The van der Waals surface area contributed by atoms with Gasteiger partial charge in [-0.3, -0.25) is 4.79 Å². The van der Waals surface area contributed by atoms with Crippen LogP contribution in [0.5, 0.6) is 0 Å². The number of halogens is 1. The predicted octanol–water partition coefficient (Wildman–Crippen LogP) is 5.30. The number of ether oxygens (including phenoxy) is 1. The van der Waals surface area contributed by atoms with E-state index in [4.69, 9.17) is 20.8 Å². The van der Waals surface area contributed by atoms with E-state index in [9.17, 15) is 4.79 Å². The Balaban J connectivity index is 5.42. The Morgan fingerprint density at radius 1 is 1.33 bits per heavy atom. The fourth-order valence-corrected chi connectivity index (χ4v) is 3.00. The van der Waals surface area contributed by atoms with Crippen LogP contribution in [0.1, 0.15) is 53.9 Å². The van der Waals surface area contributed by atoms with Gasteiger partial charge in [0.15, 0.2) is 14.4 Å². The summed E-state index contributed by atoms with van der Waals surface area (Å²) >= 11 is 5.59.